The molecule has 92 valence electrons. The molecule has 3 rings (SSSR count). The minimum absolute atomic E-state index is 0.0505. The number of fused-ring (bicyclic) bond motifs is 1. The summed E-state index contributed by atoms with van der Waals surface area (Å²) in [5, 5.41) is 1.01. The molecule has 3 heteroatoms. The van der Waals surface area contributed by atoms with Gasteiger partial charge in [-0.25, -0.2) is 4.98 Å². The second kappa shape index (κ2) is 4.94. The molecule has 0 N–H and O–H groups in total. The first-order valence-corrected chi connectivity index (χ1v) is 6.69. The van der Waals surface area contributed by atoms with E-state index in [4.69, 9.17) is 0 Å². The zero-order valence-electron chi connectivity index (χ0n) is 10.0. The molecule has 0 amide bonds. The van der Waals surface area contributed by atoms with E-state index in [0.717, 1.165) is 15.4 Å². The second-order valence-electron chi connectivity index (χ2n) is 4.23. The summed E-state index contributed by atoms with van der Waals surface area (Å²) in [7, 11) is 0. The SMILES string of the molecule is O=C(c1ccccc1)c1ccc2cc(Br)ccc2n1. The number of halogens is 1. The summed E-state index contributed by atoms with van der Waals surface area (Å²) in [5.74, 6) is -0.0505. The monoisotopic (exact) mass is 311 g/mol. The number of nitrogens with zero attached hydrogens (tertiary/aromatic N) is 1. The van der Waals surface area contributed by atoms with E-state index < -0.39 is 0 Å². The smallest absolute Gasteiger partial charge is 0.211 e. The van der Waals surface area contributed by atoms with Crippen molar-refractivity contribution in [1.82, 2.24) is 4.98 Å². The summed E-state index contributed by atoms with van der Waals surface area (Å²) in [4.78, 5) is 16.7. The van der Waals surface area contributed by atoms with Crippen molar-refractivity contribution in [1.29, 1.82) is 0 Å². The number of aromatic nitrogens is 1. The lowest BCUT2D eigenvalue weighted by Crippen LogP contribution is -2.03. The Hall–Kier alpha value is -2.00. The van der Waals surface area contributed by atoms with Gasteiger partial charge in [-0.2, -0.15) is 0 Å². The van der Waals surface area contributed by atoms with Gasteiger partial charge in [0.25, 0.3) is 0 Å². The van der Waals surface area contributed by atoms with Crippen LogP contribution in [0.15, 0.2) is 65.1 Å². The first-order chi connectivity index (χ1) is 9.24. The Kier molecular flexibility index (Phi) is 3.13. The van der Waals surface area contributed by atoms with Crippen LogP contribution in [0.25, 0.3) is 10.9 Å². The molecule has 0 aliphatic rings. The van der Waals surface area contributed by atoms with E-state index in [1.165, 1.54) is 0 Å². The standard InChI is InChI=1S/C16H10BrNO/c17-13-7-9-14-12(10-13)6-8-15(18-14)16(19)11-4-2-1-3-5-11/h1-10H. The molecule has 0 saturated heterocycles. The minimum Gasteiger partial charge on any atom is -0.287 e. The molecular formula is C16H10BrNO. The highest BCUT2D eigenvalue weighted by Gasteiger charge is 2.10. The summed E-state index contributed by atoms with van der Waals surface area (Å²) in [6.07, 6.45) is 0. The van der Waals surface area contributed by atoms with E-state index in [2.05, 4.69) is 20.9 Å². The fourth-order valence-corrected chi connectivity index (χ4v) is 2.34. The van der Waals surface area contributed by atoms with Gasteiger partial charge in [0.2, 0.25) is 5.78 Å². The van der Waals surface area contributed by atoms with Gasteiger partial charge in [0.1, 0.15) is 5.69 Å². The Balaban J connectivity index is 2.07. The van der Waals surface area contributed by atoms with Gasteiger partial charge in [-0.05, 0) is 24.3 Å². The van der Waals surface area contributed by atoms with Gasteiger partial charge >= 0.3 is 0 Å². The van der Waals surface area contributed by atoms with Crippen molar-refractivity contribution in [3.05, 3.63) is 76.4 Å². The van der Waals surface area contributed by atoms with Gasteiger partial charge in [0, 0.05) is 15.4 Å². The van der Waals surface area contributed by atoms with Gasteiger partial charge in [0.15, 0.2) is 0 Å². The third kappa shape index (κ3) is 2.42. The van der Waals surface area contributed by atoms with E-state index >= 15 is 0 Å². The molecule has 1 aromatic heterocycles. The summed E-state index contributed by atoms with van der Waals surface area (Å²) in [6, 6.07) is 18.7. The van der Waals surface area contributed by atoms with Crippen molar-refractivity contribution in [3.63, 3.8) is 0 Å². The van der Waals surface area contributed by atoms with Crippen LogP contribution in [0.1, 0.15) is 16.1 Å². The summed E-state index contributed by atoms with van der Waals surface area (Å²) in [6.45, 7) is 0. The van der Waals surface area contributed by atoms with Crippen LogP contribution in [0.2, 0.25) is 0 Å². The third-order valence-corrected chi connectivity index (χ3v) is 3.41. The highest BCUT2D eigenvalue weighted by atomic mass is 79.9. The molecule has 3 aromatic rings. The summed E-state index contributed by atoms with van der Waals surface area (Å²) >= 11 is 3.42. The van der Waals surface area contributed by atoms with Crippen LogP contribution in [0.4, 0.5) is 0 Å². The number of carbonyl (C=O) groups excluding carboxylic acids is 1. The van der Waals surface area contributed by atoms with Gasteiger partial charge in [-0.15, -0.1) is 0 Å². The van der Waals surface area contributed by atoms with Crippen LogP contribution in [0.5, 0.6) is 0 Å². The molecular weight excluding hydrogens is 302 g/mol. The van der Waals surface area contributed by atoms with E-state index in [1.807, 2.05) is 42.5 Å². The van der Waals surface area contributed by atoms with E-state index in [-0.39, 0.29) is 5.78 Å². The van der Waals surface area contributed by atoms with Crippen LogP contribution in [-0.2, 0) is 0 Å². The third-order valence-electron chi connectivity index (χ3n) is 2.92. The van der Waals surface area contributed by atoms with Crippen LogP contribution in [0.3, 0.4) is 0 Å². The van der Waals surface area contributed by atoms with Crippen molar-refractivity contribution in [2.45, 2.75) is 0 Å². The number of rotatable bonds is 2. The highest BCUT2D eigenvalue weighted by molar-refractivity contribution is 9.10. The maximum absolute atomic E-state index is 12.3. The average Bonchev–Trinajstić information content (AvgIpc) is 2.47. The number of ketones is 1. The Morgan fingerprint density at radius 1 is 0.947 bits per heavy atom. The summed E-state index contributed by atoms with van der Waals surface area (Å²) < 4.78 is 1.00. The van der Waals surface area contributed by atoms with Crippen LogP contribution >= 0.6 is 15.9 Å². The van der Waals surface area contributed by atoms with E-state index in [1.54, 1.807) is 18.2 Å². The Labute approximate surface area is 119 Å². The average molecular weight is 312 g/mol. The predicted molar refractivity (Wildman–Crippen MR) is 79.3 cm³/mol. The molecule has 0 radical (unpaired) electrons. The van der Waals surface area contributed by atoms with Crippen molar-refractivity contribution < 1.29 is 4.79 Å². The Morgan fingerprint density at radius 3 is 2.53 bits per heavy atom. The second-order valence-corrected chi connectivity index (χ2v) is 5.14. The zero-order chi connectivity index (χ0) is 13.2. The molecule has 0 fully saturated rings. The Bertz CT molecular complexity index is 753. The molecule has 0 saturated carbocycles. The zero-order valence-corrected chi connectivity index (χ0v) is 11.6. The van der Waals surface area contributed by atoms with Crippen molar-refractivity contribution in [2.24, 2.45) is 0 Å². The van der Waals surface area contributed by atoms with Gasteiger partial charge in [0.05, 0.1) is 5.52 Å². The van der Waals surface area contributed by atoms with Crippen LogP contribution in [-0.4, -0.2) is 10.8 Å². The van der Waals surface area contributed by atoms with Crippen molar-refractivity contribution in [3.8, 4) is 0 Å². The van der Waals surface area contributed by atoms with Gasteiger partial charge < -0.3 is 0 Å². The van der Waals surface area contributed by atoms with Crippen LogP contribution < -0.4 is 0 Å². The molecule has 0 bridgehead atoms. The molecule has 0 aliphatic carbocycles. The number of benzene rings is 2. The molecule has 0 atom stereocenters. The van der Waals surface area contributed by atoms with Crippen molar-refractivity contribution in [2.75, 3.05) is 0 Å². The first-order valence-electron chi connectivity index (χ1n) is 5.90. The maximum Gasteiger partial charge on any atom is 0.211 e. The first kappa shape index (κ1) is 12.1. The lowest BCUT2D eigenvalue weighted by atomic mass is 10.1. The van der Waals surface area contributed by atoms with Crippen molar-refractivity contribution >= 4 is 32.6 Å². The molecule has 0 spiro atoms. The number of hydrogen-bond acceptors (Lipinski definition) is 2. The predicted octanol–water partition coefficient (Wildman–Crippen LogP) is 4.23. The largest absolute Gasteiger partial charge is 0.287 e. The molecule has 19 heavy (non-hydrogen) atoms. The lowest BCUT2D eigenvalue weighted by Gasteiger charge is -2.03. The number of pyridine rings is 1. The topological polar surface area (TPSA) is 30.0 Å². The van der Waals surface area contributed by atoms with Crippen LogP contribution in [0, 0.1) is 0 Å². The van der Waals surface area contributed by atoms with Gasteiger partial charge in [-0.3, -0.25) is 4.79 Å². The molecule has 2 aromatic carbocycles. The number of hydrogen-bond donors (Lipinski definition) is 0. The fraction of sp³-hybridized carbons (Fsp3) is 0. The van der Waals surface area contributed by atoms with E-state index in [0.29, 0.717) is 11.3 Å². The fourth-order valence-electron chi connectivity index (χ4n) is 1.96. The Morgan fingerprint density at radius 2 is 1.74 bits per heavy atom. The molecule has 2 nitrogen and oxygen atoms in total. The molecule has 0 unspecified atom stereocenters. The normalized spacial score (nSPS) is 10.6. The molecule has 1 heterocycles. The minimum atomic E-state index is -0.0505. The number of carbonyl (C=O) groups is 1. The highest BCUT2D eigenvalue weighted by Crippen LogP contribution is 2.19. The quantitative estimate of drug-likeness (QED) is 0.663. The lowest BCUT2D eigenvalue weighted by molar-refractivity contribution is 0.103. The van der Waals surface area contributed by atoms with E-state index in [9.17, 15) is 4.79 Å². The maximum atomic E-state index is 12.3. The van der Waals surface area contributed by atoms with Gasteiger partial charge in [-0.1, -0.05) is 52.3 Å². The summed E-state index contributed by atoms with van der Waals surface area (Å²) in [5.41, 5.74) is 1.96. The molecule has 0 aliphatic heterocycles.